The molecule has 0 aliphatic heterocycles. The van der Waals surface area contributed by atoms with E-state index in [0.717, 1.165) is 19.3 Å². The molecule has 96 valence electrons. The van der Waals surface area contributed by atoms with Crippen LogP contribution >= 0.6 is 7.60 Å². The largest absolute Gasteiger partial charge is 0.330 e. The Hall–Kier alpha value is -0.670. The highest BCUT2D eigenvalue weighted by Gasteiger charge is 2.11. The number of unbranched alkanes of at least 4 members (excludes halogenated alkanes) is 1. The molecule has 0 aliphatic carbocycles. The lowest BCUT2D eigenvalue weighted by Crippen LogP contribution is -2.02. The van der Waals surface area contributed by atoms with Crippen molar-refractivity contribution in [1.29, 1.82) is 0 Å². The normalized spacial score (nSPS) is 11.7. The zero-order chi connectivity index (χ0) is 12.7. The van der Waals surface area contributed by atoms with Crippen LogP contribution in [-0.4, -0.2) is 22.5 Å². The zero-order valence-corrected chi connectivity index (χ0v) is 10.8. The van der Waals surface area contributed by atoms with Crippen molar-refractivity contribution in [3.05, 3.63) is 35.4 Å². The summed E-state index contributed by atoms with van der Waals surface area (Å²) in [7, 11) is -3.82. The van der Waals surface area contributed by atoms with Gasteiger partial charge in [0.05, 0.1) is 0 Å². The Labute approximate surface area is 102 Å². The van der Waals surface area contributed by atoms with Crippen LogP contribution in [0.4, 0.5) is 0 Å². The van der Waals surface area contributed by atoms with Gasteiger partial charge in [-0.05, 0) is 43.4 Å². The number of aryl methyl sites for hydroxylation is 1. The monoisotopic (exact) mass is 257 g/mol. The van der Waals surface area contributed by atoms with E-state index in [1.807, 2.05) is 0 Å². The summed E-state index contributed by atoms with van der Waals surface area (Å²) in [5.41, 5.74) is 7.90. The number of hydrogen-bond acceptors (Lipinski definition) is 2. The fourth-order valence-corrected chi connectivity index (χ4v) is 2.32. The molecule has 0 saturated heterocycles. The SMILES string of the molecule is NCCc1ccc(CCCCP(=O)(O)O)cc1. The molecule has 0 atom stereocenters. The van der Waals surface area contributed by atoms with Crippen molar-refractivity contribution < 1.29 is 14.4 Å². The van der Waals surface area contributed by atoms with Gasteiger partial charge in [-0.2, -0.15) is 0 Å². The minimum Gasteiger partial charge on any atom is -0.330 e. The van der Waals surface area contributed by atoms with Crippen LogP contribution in [0.15, 0.2) is 24.3 Å². The van der Waals surface area contributed by atoms with Gasteiger partial charge in [-0.1, -0.05) is 24.3 Å². The van der Waals surface area contributed by atoms with Crippen molar-refractivity contribution in [1.82, 2.24) is 0 Å². The van der Waals surface area contributed by atoms with Gasteiger partial charge in [0.1, 0.15) is 0 Å². The molecule has 1 aromatic carbocycles. The van der Waals surface area contributed by atoms with E-state index in [1.165, 1.54) is 11.1 Å². The minimum atomic E-state index is -3.82. The summed E-state index contributed by atoms with van der Waals surface area (Å²) < 4.78 is 10.6. The molecule has 4 nitrogen and oxygen atoms in total. The van der Waals surface area contributed by atoms with Gasteiger partial charge < -0.3 is 15.5 Å². The average Bonchev–Trinajstić information content (AvgIpc) is 2.26. The van der Waals surface area contributed by atoms with E-state index in [2.05, 4.69) is 24.3 Å². The maximum Gasteiger partial charge on any atom is 0.325 e. The third kappa shape index (κ3) is 6.59. The second kappa shape index (κ2) is 6.92. The minimum absolute atomic E-state index is 0.0156. The molecule has 0 aromatic heterocycles. The van der Waals surface area contributed by atoms with Gasteiger partial charge in [0, 0.05) is 6.16 Å². The summed E-state index contributed by atoms with van der Waals surface area (Å²) in [6, 6.07) is 8.24. The first-order valence-electron chi connectivity index (χ1n) is 5.84. The van der Waals surface area contributed by atoms with Crippen molar-refractivity contribution in [3.63, 3.8) is 0 Å². The summed E-state index contributed by atoms with van der Waals surface area (Å²) in [4.78, 5) is 17.4. The summed E-state index contributed by atoms with van der Waals surface area (Å²) in [5, 5.41) is 0. The Balaban J connectivity index is 2.30. The molecule has 17 heavy (non-hydrogen) atoms. The predicted molar refractivity (Wildman–Crippen MR) is 69.0 cm³/mol. The van der Waals surface area contributed by atoms with Crippen molar-refractivity contribution in [2.45, 2.75) is 25.7 Å². The highest BCUT2D eigenvalue weighted by Crippen LogP contribution is 2.35. The van der Waals surface area contributed by atoms with Gasteiger partial charge in [-0.3, -0.25) is 4.57 Å². The smallest absolute Gasteiger partial charge is 0.325 e. The predicted octanol–water partition coefficient (Wildman–Crippen LogP) is 1.69. The molecule has 0 aliphatic rings. The Morgan fingerprint density at radius 2 is 1.53 bits per heavy atom. The Kier molecular flexibility index (Phi) is 5.86. The molecule has 4 N–H and O–H groups in total. The van der Waals surface area contributed by atoms with Gasteiger partial charge in [-0.15, -0.1) is 0 Å². The molecule has 0 heterocycles. The Morgan fingerprint density at radius 1 is 1.00 bits per heavy atom. The summed E-state index contributed by atoms with van der Waals surface area (Å²) >= 11 is 0. The van der Waals surface area contributed by atoms with Crippen LogP contribution in [0.5, 0.6) is 0 Å². The highest BCUT2D eigenvalue weighted by molar-refractivity contribution is 7.51. The van der Waals surface area contributed by atoms with Gasteiger partial charge in [0.25, 0.3) is 0 Å². The Bertz CT molecular complexity index is 372. The Morgan fingerprint density at radius 3 is 2.00 bits per heavy atom. The first kappa shape index (κ1) is 14.4. The lowest BCUT2D eigenvalue weighted by Gasteiger charge is -2.05. The first-order valence-corrected chi connectivity index (χ1v) is 7.63. The fourth-order valence-electron chi connectivity index (χ4n) is 1.69. The van der Waals surface area contributed by atoms with E-state index in [-0.39, 0.29) is 6.16 Å². The van der Waals surface area contributed by atoms with E-state index in [1.54, 1.807) is 0 Å². The number of nitrogens with two attached hydrogens (primary N) is 1. The molecule has 0 bridgehead atoms. The van der Waals surface area contributed by atoms with Gasteiger partial charge >= 0.3 is 7.60 Å². The maximum absolute atomic E-state index is 10.6. The van der Waals surface area contributed by atoms with Gasteiger partial charge in [0.15, 0.2) is 0 Å². The molecule has 0 amide bonds. The van der Waals surface area contributed by atoms with Crippen LogP contribution in [0, 0.1) is 0 Å². The van der Waals surface area contributed by atoms with Crippen molar-refractivity contribution in [2.24, 2.45) is 5.73 Å². The van der Waals surface area contributed by atoms with E-state index < -0.39 is 7.60 Å². The van der Waals surface area contributed by atoms with Crippen LogP contribution in [-0.2, 0) is 17.4 Å². The van der Waals surface area contributed by atoms with Crippen molar-refractivity contribution >= 4 is 7.60 Å². The van der Waals surface area contributed by atoms with Crippen LogP contribution in [0.1, 0.15) is 24.0 Å². The molecule has 0 fully saturated rings. The quantitative estimate of drug-likeness (QED) is 0.512. The molecule has 0 saturated carbocycles. The molecular weight excluding hydrogens is 237 g/mol. The second-order valence-electron chi connectivity index (χ2n) is 4.20. The number of rotatable bonds is 7. The maximum atomic E-state index is 10.6. The van der Waals surface area contributed by atoms with E-state index >= 15 is 0 Å². The van der Waals surface area contributed by atoms with Gasteiger partial charge in [0.2, 0.25) is 0 Å². The van der Waals surface area contributed by atoms with Crippen molar-refractivity contribution in [3.8, 4) is 0 Å². The van der Waals surface area contributed by atoms with Crippen LogP contribution in [0.25, 0.3) is 0 Å². The summed E-state index contributed by atoms with van der Waals surface area (Å²) in [6.45, 7) is 0.654. The van der Waals surface area contributed by atoms with Crippen LogP contribution < -0.4 is 5.73 Å². The molecular formula is C12H20NO3P. The fraction of sp³-hybridized carbons (Fsp3) is 0.500. The molecule has 0 radical (unpaired) electrons. The van der Waals surface area contributed by atoms with Crippen LogP contribution in [0.3, 0.4) is 0 Å². The molecule has 0 unspecified atom stereocenters. The third-order valence-electron chi connectivity index (χ3n) is 2.62. The number of hydrogen-bond donors (Lipinski definition) is 3. The van der Waals surface area contributed by atoms with E-state index in [9.17, 15) is 4.57 Å². The molecule has 1 rings (SSSR count). The first-order chi connectivity index (χ1) is 8.01. The molecule has 0 spiro atoms. The van der Waals surface area contributed by atoms with E-state index in [4.69, 9.17) is 15.5 Å². The summed E-state index contributed by atoms with van der Waals surface area (Å²) in [6.07, 6.45) is 3.11. The van der Waals surface area contributed by atoms with Crippen LogP contribution in [0.2, 0.25) is 0 Å². The molecule has 5 heteroatoms. The third-order valence-corrected chi connectivity index (χ3v) is 3.52. The lowest BCUT2D eigenvalue weighted by molar-refractivity contribution is 0.371. The molecule has 1 aromatic rings. The van der Waals surface area contributed by atoms with E-state index in [0.29, 0.717) is 13.0 Å². The second-order valence-corrected chi connectivity index (χ2v) is 5.98. The number of benzene rings is 1. The average molecular weight is 257 g/mol. The zero-order valence-electron chi connectivity index (χ0n) is 9.88. The highest BCUT2D eigenvalue weighted by atomic mass is 31.2. The van der Waals surface area contributed by atoms with Crippen molar-refractivity contribution in [2.75, 3.05) is 12.7 Å². The topological polar surface area (TPSA) is 83.6 Å². The standard InChI is InChI=1S/C12H20NO3P/c13-9-8-12-6-4-11(5-7-12)3-1-2-10-17(14,15)16/h4-7H,1-3,8-10,13H2,(H2,14,15,16). The lowest BCUT2D eigenvalue weighted by atomic mass is 10.1. The van der Waals surface area contributed by atoms with Gasteiger partial charge in [-0.25, -0.2) is 0 Å². The summed E-state index contributed by atoms with van der Waals surface area (Å²) in [5.74, 6) is 0.